The monoisotopic (exact) mass is 312 g/mol. The van der Waals surface area contributed by atoms with Gasteiger partial charge in [0.25, 0.3) is 0 Å². The molecule has 0 unspecified atom stereocenters. The van der Waals surface area contributed by atoms with Crippen LogP contribution in [-0.4, -0.2) is 26.5 Å². The van der Waals surface area contributed by atoms with Gasteiger partial charge < -0.3 is 9.63 Å². The lowest BCUT2D eigenvalue weighted by Crippen LogP contribution is -2.32. The number of aromatic nitrogens is 2. The number of thioether (sulfide) groups is 1. The normalized spacial score (nSPS) is 16.5. The molecule has 1 aromatic heterocycles. The maximum atomic E-state index is 11.5. The van der Waals surface area contributed by atoms with Crippen LogP contribution in [0.1, 0.15) is 64.1 Å². The number of hydrogen-bond donors (Lipinski definition) is 1. The Bertz CT molecular complexity index is 465. The molecule has 1 fully saturated rings. The summed E-state index contributed by atoms with van der Waals surface area (Å²) in [6, 6.07) is 0. The van der Waals surface area contributed by atoms with E-state index in [1.807, 2.05) is 25.6 Å². The Morgan fingerprint density at radius 1 is 1.38 bits per heavy atom. The fourth-order valence-electron chi connectivity index (χ4n) is 2.84. The molecule has 118 valence electrons. The van der Waals surface area contributed by atoms with Gasteiger partial charge in [-0.25, -0.2) is 0 Å². The van der Waals surface area contributed by atoms with Gasteiger partial charge in [-0.2, -0.15) is 16.7 Å². The van der Waals surface area contributed by atoms with Crippen molar-refractivity contribution in [1.82, 2.24) is 10.1 Å². The van der Waals surface area contributed by atoms with Gasteiger partial charge in [-0.3, -0.25) is 4.79 Å². The van der Waals surface area contributed by atoms with Crippen LogP contribution < -0.4 is 0 Å². The fraction of sp³-hybridized carbons (Fsp3) is 0.800. The molecule has 1 heterocycles. The van der Waals surface area contributed by atoms with Crippen molar-refractivity contribution in [2.24, 2.45) is 5.41 Å². The number of aliphatic carboxylic acids is 1. The molecule has 1 aromatic rings. The third kappa shape index (κ3) is 3.99. The molecule has 1 saturated carbocycles. The van der Waals surface area contributed by atoms with E-state index in [1.165, 1.54) is 25.7 Å². The minimum Gasteiger partial charge on any atom is -0.481 e. The zero-order valence-electron chi connectivity index (χ0n) is 12.8. The average molecular weight is 312 g/mol. The van der Waals surface area contributed by atoms with E-state index in [0.29, 0.717) is 31.0 Å². The summed E-state index contributed by atoms with van der Waals surface area (Å²) in [5, 5.41) is 14.2. The largest absolute Gasteiger partial charge is 0.481 e. The van der Waals surface area contributed by atoms with Crippen LogP contribution >= 0.6 is 11.8 Å². The van der Waals surface area contributed by atoms with Gasteiger partial charge in [-0.15, -0.1) is 0 Å². The minimum atomic E-state index is -0.789. The van der Waals surface area contributed by atoms with E-state index in [2.05, 4.69) is 10.1 Å². The van der Waals surface area contributed by atoms with Gasteiger partial charge in [0, 0.05) is 11.7 Å². The SMILES string of the molecule is CCC(CC)(Cc1nc(CSC2CCCC2)no1)C(=O)O. The van der Waals surface area contributed by atoms with E-state index in [1.54, 1.807) is 0 Å². The highest BCUT2D eigenvalue weighted by molar-refractivity contribution is 7.99. The van der Waals surface area contributed by atoms with Gasteiger partial charge in [-0.05, 0) is 25.7 Å². The predicted octanol–water partition coefficient (Wildman–Crippen LogP) is 3.68. The molecule has 2 rings (SSSR count). The average Bonchev–Trinajstić information content (AvgIpc) is 3.14. The summed E-state index contributed by atoms with van der Waals surface area (Å²) in [5.41, 5.74) is -0.789. The lowest BCUT2D eigenvalue weighted by Gasteiger charge is -2.24. The minimum absolute atomic E-state index is 0.316. The highest BCUT2D eigenvalue weighted by Crippen LogP contribution is 2.32. The Balaban J connectivity index is 1.93. The third-order valence-electron chi connectivity index (χ3n) is 4.56. The van der Waals surface area contributed by atoms with Crippen LogP contribution in [0.25, 0.3) is 0 Å². The molecule has 0 aromatic carbocycles. The molecule has 0 aliphatic heterocycles. The van der Waals surface area contributed by atoms with Crippen molar-refractivity contribution in [2.45, 2.75) is 69.8 Å². The Labute approximate surface area is 129 Å². The number of carboxylic acids is 1. The molecule has 6 heteroatoms. The van der Waals surface area contributed by atoms with Crippen LogP contribution in [0.4, 0.5) is 0 Å². The third-order valence-corrected chi connectivity index (χ3v) is 5.93. The second kappa shape index (κ2) is 7.29. The number of carboxylic acid groups (broad SMARTS) is 1. The second-order valence-corrected chi connectivity index (χ2v) is 7.08. The van der Waals surface area contributed by atoms with Crippen molar-refractivity contribution >= 4 is 17.7 Å². The van der Waals surface area contributed by atoms with E-state index in [-0.39, 0.29) is 0 Å². The van der Waals surface area contributed by atoms with Crippen LogP contribution in [-0.2, 0) is 17.0 Å². The van der Waals surface area contributed by atoms with Crippen molar-refractivity contribution in [1.29, 1.82) is 0 Å². The Kier molecular flexibility index (Phi) is 5.67. The molecule has 1 N–H and O–H groups in total. The smallest absolute Gasteiger partial charge is 0.310 e. The van der Waals surface area contributed by atoms with Gasteiger partial charge in [-0.1, -0.05) is 31.8 Å². The van der Waals surface area contributed by atoms with Gasteiger partial charge in [0.15, 0.2) is 5.82 Å². The maximum absolute atomic E-state index is 11.5. The number of rotatable bonds is 8. The lowest BCUT2D eigenvalue weighted by atomic mass is 9.79. The molecule has 5 nitrogen and oxygen atoms in total. The summed E-state index contributed by atoms with van der Waals surface area (Å²) in [4.78, 5) is 15.9. The molecule has 0 saturated heterocycles. The van der Waals surface area contributed by atoms with Crippen molar-refractivity contribution in [3.8, 4) is 0 Å². The molecule has 21 heavy (non-hydrogen) atoms. The molecule has 0 bridgehead atoms. The summed E-state index contributed by atoms with van der Waals surface area (Å²) in [7, 11) is 0. The Morgan fingerprint density at radius 2 is 2.05 bits per heavy atom. The first-order valence-corrected chi connectivity index (χ1v) is 8.81. The molecule has 1 aliphatic rings. The number of nitrogens with zero attached hydrogens (tertiary/aromatic N) is 2. The summed E-state index contributed by atoms with van der Waals surface area (Å²) in [6.45, 7) is 3.79. The van der Waals surface area contributed by atoms with Gasteiger partial charge in [0.05, 0.1) is 11.2 Å². The summed E-state index contributed by atoms with van der Waals surface area (Å²) >= 11 is 1.88. The van der Waals surface area contributed by atoms with Gasteiger partial charge in [0.1, 0.15) is 0 Å². The van der Waals surface area contributed by atoms with Crippen LogP contribution in [0.3, 0.4) is 0 Å². The zero-order valence-corrected chi connectivity index (χ0v) is 13.6. The lowest BCUT2D eigenvalue weighted by molar-refractivity contribution is -0.149. The molecular formula is C15H24N2O3S. The van der Waals surface area contributed by atoms with Crippen LogP contribution in [0.5, 0.6) is 0 Å². The van der Waals surface area contributed by atoms with Gasteiger partial charge >= 0.3 is 5.97 Å². The molecule has 0 amide bonds. The molecule has 1 aliphatic carbocycles. The number of hydrogen-bond acceptors (Lipinski definition) is 5. The quantitative estimate of drug-likeness (QED) is 0.789. The van der Waals surface area contributed by atoms with Crippen molar-refractivity contribution in [3.05, 3.63) is 11.7 Å². The molecular weight excluding hydrogens is 288 g/mol. The van der Waals surface area contributed by atoms with E-state index in [0.717, 1.165) is 11.0 Å². The topological polar surface area (TPSA) is 76.2 Å². The van der Waals surface area contributed by atoms with Crippen molar-refractivity contribution in [3.63, 3.8) is 0 Å². The van der Waals surface area contributed by atoms with Crippen molar-refractivity contribution < 1.29 is 14.4 Å². The number of carbonyl (C=O) groups is 1. The summed E-state index contributed by atoms with van der Waals surface area (Å²) < 4.78 is 5.25. The summed E-state index contributed by atoms with van der Waals surface area (Å²) in [6.07, 6.45) is 6.65. The first-order valence-electron chi connectivity index (χ1n) is 7.76. The first-order chi connectivity index (χ1) is 10.1. The zero-order chi connectivity index (χ0) is 15.3. The highest BCUT2D eigenvalue weighted by atomic mass is 32.2. The summed E-state index contributed by atoms with van der Waals surface area (Å²) in [5.74, 6) is 1.11. The molecule has 0 atom stereocenters. The standard InChI is InChI=1S/C15H24N2O3S/c1-3-15(4-2,14(18)19)9-13-16-12(17-20-13)10-21-11-7-5-6-8-11/h11H,3-10H2,1-2H3,(H,18,19). The van der Waals surface area contributed by atoms with Crippen molar-refractivity contribution in [2.75, 3.05) is 0 Å². The first kappa shape index (κ1) is 16.3. The predicted molar refractivity (Wildman–Crippen MR) is 82.2 cm³/mol. The molecule has 0 spiro atoms. The Morgan fingerprint density at radius 3 is 2.62 bits per heavy atom. The fourth-order valence-corrected chi connectivity index (χ4v) is 4.00. The van der Waals surface area contributed by atoms with E-state index >= 15 is 0 Å². The second-order valence-electron chi connectivity index (χ2n) is 5.79. The van der Waals surface area contributed by atoms with E-state index < -0.39 is 11.4 Å². The highest BCUT2D eigenvalue weighted by Gasteiger charge is 2.37. The molecule has 0 radical (unpaired) electrons. The van der Waals surface area contributed by atoms with Crippen LogP contribution in [0.15, 0.2) is 4.52 Å². The van der Waals surface area contributed by atoms with Crippen LogP contribution in [0.2, 0.25) is 0 Å². The maximum Gasteiger partial charge on any atom is 0.310 e. The van der Waals surface area contributed by atoms with Crippen LogP contribution in [0, 0.1) is 5.41 Å². The Hall–Kier alpha value is -1.04. The van der Waals surface area contributed by atoms with E-state index in [4.69, 9.17) is 4.52 Å². The van der Waals surface area contributed by atoms with Gasteiger partial charge in [0.2, 0.25) is 5.89 Å². The van der Waals surface area contributed by atoms with E-state index in [9.17, 15) is 9.90 Å².